The quantitative estimate of drug-likeness (QED) is 0.839. The van der Waals surface area contributed by atoms with Crippen molar-refractivity contribution in [2.24, 2.45) is 5.92 Å². The molecule has 0 radical (unpaired) electrons. The van der Waals surface area contributed by atoms with Gasteiger partial charge in [0.05, 0.1) is 12.6 Å². The van der Waals surface area contributed by atoms with E-state index in [1.54, 1.807) is 0 Å². The van der Waals surface area contributed by atoms with Gasteiger partial charge in [-0.3, -0.25) is 4.90 Å². The number of ether oxygens (including phenoxy) is 1. The lowest BCUT2D eigenvalue weighted by Gasteiger charge is -2.30. The van der Waals surface area contributed by atoms with Crippen LogP contribution in [0.2, 0.25) is 0 Å². The van der Waals surface area contributed by atoms with Gasteiger partial charge in [0.2, 0.25) is 0 Å². The van der Waals surface area contributed by atoms with Crippen LogP contribution in [-0.4, -0.2) is 37.7 Å². The van der Waals surface area contributed by atoms with Crippen LogP contribution in [0.25, 0.3) is 0 Å². The highest BCUT2D eigenvalue weighted by Gasteiger charge is 2.20. The summed E-state index contributed by atoms with van der Waals surface area (Å²) < 4.78 is 11.3. The predicted molar refractivity (Wildman–Crippen MR) is 85.3 cm³/mol. The number of rotatable bonds is 7. The molecule has 4 nitrogen and oxygen atoms in total. The Bertz CT molecular complexity index is 420. The van der Waals surface area contributed by atoms with E-state index in [0.29, 0.717) is 12.0 Å². The number of piperidine rings is 1. The molecule has 2 rings (SSSR count). The van der Waals surface area contributed by atoms with Gasteiger partial charge >= 0.3 is 0 Å². The molecule has 1 fully saturated rings. The van der Waals surface area contributed by atoms with Crippen LogP contribution in [0.5, 0.6) is 0 Å². The van der Waals surface area contributed by atoms with Crippen LogP contribution < -0.4 is 5.32 Å². The second kappa shape index (κ2) is 7.97. The molecule has 0 aromatic carbocycles. The van der Waals surface area contributed by atoms with Gasteiger partial charge in [-0.15, -0.1) is 0 Å². The van der Waals surface area contributed by atoms with Crippen LogP contribution in [0.1, 0.15) is 43.8 Å². The van der Waals surface area contributed by atoms with Gasteiger partial charge in [0.25, 0.3) is 0 Å². The predicted octanol–water partition coefficient (Wildman–Crippen LogP) is 2.94. The molecule has 1 aromatic rings. The van der Waals surface area contributed by atoms with Crippen LogP contribution >= 0.6 is 0 Å². The summed E-state index contributed by atoms with van der Waals surface area (Å²) in [4.78, 5) is 2.50. The molecule has 0 atom stereocenters. The Morgan fingerprint density at radius 2 is 2.10 bits per heavy atom. The van der Waals surface area contributed by atoms with Crippen LogP contribution in [0.3, 0.4) is 0 Å². The third kappa shape index (κ3) is 5.13. The van der Waals surface area contributed by atoms with Crippen molar-refractivity contribution in [2.75, 3.05) is 26.7 Å². The van der Waals surface area contributed by atoms with Crippen molar-refractivity contribution in [1.82, 2.24) is 10.2 Å². The first-order valence-corrected chi connectivity index (χ1v) is 8.12. The second-order valence-electron chi connectivity index (χ2n) is 6.53. The average molecular weight is 294 g/mol. The molecule has 2 heterocycles. The molecule has 1 aliphatic rings. The fraction of sp³-hybridized carbons (Fsp3) is 0.765. The molecule has 0 unspecified atom stereocenters. The summed E-state index contributed by atoms with van der Waals surface area (Å²) in [5, 5.41) is 3.43. The van der Waals surface area contributed by atoms with Crippen molar-refractivity contribution in [3.63, 3.8) is 0 Å². The van der Waals surface area contributed by atoms with Gasteiger partial charge in [-0.2, -0.15) is 0 Å². The fourth-order valence-electron chi connectivity index (χ4n) is 2.86. The zero-order valence-corrected chi connectivity index (χ0v) is 13.9. The van der Waals surface area contributed by atoms with Gasteiger partial charge in [-0.1, -0.05) is 13.8 Å². The lowest BCUT2D eigenvalue weighted by Crippen LogP contribution is -2.36. The lowest BCUT2D eigenvalue weighted by molar-refractivity contribution is 0.0387. The zero-order valence-electron chi connectivity index (χ0n) is 13.9. The van der Waals surface area contributed by atoms with Gasteiger partial charge in [0.1, 0.15) is 11.5 Å². The molecule has 0 saturated carbocycles. The molecule has 21 heavy (non-hydrogen) atoms. The summed E-state index contributed by atoms with van der Waals surface area (Å²) in [5.74, 6) is 2.78. The fourth-order valence-corrected chi connectivity index (χ4v) is 2.86. The Hall–Kier alpha value is -0.840. The van der Waals surface area contributed by atoms with Crippen LogP contribution in [-0.2, 0) is 17.8 Å². The summed E-state index contributed by atoms with van der Waals surface area (Å²) in [6.07, 6.45) is 2.72. The van der Waals surface area contributed by atoms with Crippen molar-refractivity contribution in [3.8, 4) is 0 Å². The van der Waals surface area contributed by atoms with Crippen molar-refractivity contribution in [1.29, 1.82) is 0 Å². The molecule has 1 saturated heterocycles. The number of nitrogens with one attached hydrogen (secondary N) is 1. The summed E-state index contributed by atoms with van der Waals surface area (Å²) in [7, 11) is 1.82. The normalized spacial score (nSPS) is 17.8. The summed E-state index contributed by atoms with van der Waals surface area (Å²) in [6.45, 7) is 11.6. The van der Waals surface area contributed by atoms with Gasteiger partial charge in [0.15, 0.2) is 0 Å². The highest BCUT2D eigenvalue weighted by molar-refractivity contribution is 5.20. The number of hydrogen-bond donors (Lipinski definition) is 1. The largest absolute Gasteiger partial charge is 0.465 e. The summed E-state index contributed by atoms with van der Waals surface area (Å²) in [5.41, 5.74) is 1.33. The number of hydrogen-bond acceptors (Lipinski definition) is 4. The Morgan fingerprint density at radius 1 is 1.38 bits per heavy atom. The van der Waals surface area contributed by atoms with E-state index in [0.717, 1.165) is 57.1 Å². The number of nitrogens with zero attached hydrogens (tertiary/aromatic N) is 1. The Labute approximate surface area is 128 Å². The lowest BCUT2D eigenvalue weighted by atomic mass is 10.1. The van der Waals surface area contributed by atoms with Crippen molar-refractivity contribution in [3.05, 3.63) is 23.2 Å². The first-order valence-electron chi connectivity index (χ1n) is 8.12. The smallest absolute Gasteiger partial charge is 0.118 e. The maximum atomic E-state index is 5.87. The minimum atomic E-state index is 0.447. The molecule has 0 bridgehead atoms. The zero-order chi connectivity index (χ0) is 15.2. The maximum absolute atomic E-state index is 5.87. The van der Waals surface area contributed by atoms with E-state index in [1.807, 2.05) is 7.11 Å². The minimum absolute atomic E-state index is 0.447. The van der Waals surface area contributed by atoms with Crippen LogP contribution in [0, 0.1) is 12.8 Å². The number of furan rings is 1. The number of likely N-dealkylation sites (tertiary alicyclic amines) is 1. The molecule has 0 aliphatic carbocycles. The summed E-state index contributed by atoms with van der Waals surface area (Å²) in [6, 6.07) is 2.21. The minimum Gasteiger partial charge on any atom is -0.465 e. The molecule has 1 aliphatic heterocycles. The molecule has 4 heteroatoms. The molecule has 1 aromatic heterocycles. The molecule has 1 N–H and O–H groups in total. The van der Waals surface area contributed by atoms with Gasteiger partial charge in [0, 0.05) is 32.3 Å². The van der Waals surface area contributed by atoms with E-state index in [4.69, 9.17) is 9.15 Å². The van der Waals surface area contributed by atoms with Crippen molar-refractivity contribution >= 4 is 0 Å². The maximum Gasteiger partial charge on any atom is 0.118 e. The number of methoxy groups -OCH3 is 1. The molecule has 0 spiro atoms. The van der Waals surface area contributed by atoms with E-state index in [1.165, 1.54) is 5.56 Å². The van der Waals surface area contributed by atoms with Crippen LogP contribution in [0.4, 0.5) is 0 Å². The number of aryl methyl sites for hydroxylation is 1. The summed E-state index contributed by atoms with van der Waals surface area (Å²) >= 11 is 0. The molecule has 120 valence electrons. The standard InChI is InChI=1S/C17H30N2O2/c1-13(2)10-18-11-17-9-15(14(3)21-17)12-19-7-5-16(20-4)6-8-19/h9,13,16,18H,5-8,10-12H2,1-4H3. The topological polar surface area (TPSA) is 37.6 Å². The van der Waals surface area contributed by atoms with E-state index >= 15 is 0 Å². The second-order valence-corrected chi connectivity index (χ2v) is 6.53. The van der Waals surface area contributed by atoms with Gasteiger partial charge in [-0.05, 0) is 38.3 Å². The third-order valence-electron chi connectivity index (χ3n) is 4.19. The SMILES string of the molecule is COC1CCN(Cc2cc(CNCC(C)C)oc2C)CC1. The monoisotopic (exact) mass is 294 g/mol. The van der Waals surface area contributed by atoms with Crippen molar-refractivity contribution < 1.29 is 9.15 Å². The van der Waals surface area contributed by atoms with Gasteiger partial charge < -0.3 is 14.5 Å². The van der Waals surface area contributed by atoms with E-state index < -0.39 is 0 Å². The molecular weight excluding hydrogens is 264 g/mol. The molecule has 0 amide bonds. The first kappa shape index (κ1) is 16.5. The van der Waals surface area contributed by atoms with Crippen LogP contribution in [0.15, 0.2) is 10.5 Å². The van der Waals surface area contributed by atoms with E-state index in [9.17, 15) is 0 Å². The van der Waals surface area contributed by atoms with E-state index in [-0.39, 0.29) is 0 Å². The first-order chi connectivity index (χ1) is 10.1. The highest BCUT2D eigenvalue weighted by atomic mass is 16.5. The van der Waals surface area contributed by atoms with Gasteiger partial charge in [-0.25, -0.2) is 0 Å². The average Bonchev–Trinajstić information content (AvgIpc) is 2.79. The Kier molecular flexibility index (Phi) is 6.27. The Balaban J connectivity index is 1.82. The van der Waals surface area contributed by atoms with E-state index in [2.05, 4.69) is 37.1 Å². The highest BCUT2D eigenvalue weighted by Crippen LogP contribution is 2.20. The molecular formula is C17H30N2O2. The van der Waals surface area contributed by atoms with Crippen molar-refractivity contribution in [2.45, 2.75) is 52.8 Å². The Morgan fingerprint density at radius 3 is 2.71 bits per heavy atom. The third-order valence-corrected chi connectivity index (χ3v) is 4.19.